The maximum Gasteiger partial charge on any atom is 0.254 e. The van der Waals surface area contributed by atoms with E-state index in [1.54, 1.807) is 0 Å². The summed E-state index contributed by atoms with van der Waals surface area (Å²) >= 11 is 0. The van der Waals surface area contributed by atoms with Gasteiger partial charge >= 0.3 is 0 Å². The summed E-state index contributed by atoms with van der Waals surface area (Å²) in [7, 11) is 0. The second-order valence-electron chi connectivity index (χ2n) is 5.83. The van der Waals surface area contributed by atoms with Crippen LogP contribution in [-0.2, 0) is 0 Å². The number of rotatable bonds is 6. The number of hydrogen-bond acceptors (Lipinski definition) is 3. The zero-order valence-corrected chi connectivity index (χ0v) is 13.3. The number of nitrogens with one attached hydrogen (secondary N) is 1. The molecule has 1 fully saturated rings. The van der Waals surface area contributed by atoms with Gasteiger partial charge in [-0.15, -0.1) is 0 Å². The Morgan fingerprint density at radius 3 is 2.90 bits per heavy atom. The first kappa shape index (κ1) is 15.8. The molecule has 1 heterocycles. The summed E-state index contributed by atoms with van der Waals surface area (Å²) in [5.74, 6) is 0.839. The van der Waals surface area contributed by atoms with Gasteiger partial charge in [-0.2, -0.15) is 0 Å². The summed E-state index contributed by atoms with van der Waals surface area (Å²) in [6, 6.07) is 7.91. The molecule has 1 aliphatic heterocycles. The van der Waals surface area contributed by atoms with Crippen molar-refractivity contribution in [3.63, 3.8) is 0 Å². The first-order chi connectivity index (χ1) is 10.1. The van der Waals surface area contributed by atoms with Gasteiger partial charge in [-0.05, 0) is 58.4 Å². The molecule has 0 aromatic heterocycles. The topological polar surface area (TPSA) is 41.6 Å². The van der Waals surface area contributed by atoms with Crippen LogP contribution in [0.5, 0.6) is 5.75 Å². The molecule has 1 N–H and O–H groups in total. The quantitative estimate of drug-likeness (QED) is 0.876. The molecule has 1 unspecified atom stereocenters. The lowest BCUT2D eigenvalue weighted by Crippen LogP contribution is -2.41. The van der Waals surface area contributed by atoms with Crippen LogP contribution in [0.1, 0.15) is 44.0 Å². The molecule has 0 radical (unpaired) electrons. The van der Waals surface area contributed by atoms with Gasteiger partial charge in [0, 0.05) is 24.7 Å². The Balaban J connectivity index is 2.05. The van der Waals surface area contributed by atoms with Crippen LogP contribution >= 0.6 is 0 Å². The van der Waals surface area contributed by atoms with Gasteiger partial charge in [0.05, 0.1) is 6.10 Å². The van der Waals surface area contributed by atoms with Gasteiger partial charge in [0.15, 0.2) is 0 Å². The smallest absolute Gasteiger partial charge is 0.254 e. The minimum atomic E-state index is 0.0837. The third-order valence-corrected chi connectivity index (χ3v) is 3.72. The first-order valence-electron chi connectivity index (χ1n) is 7.89. The molecule has 1 aliphatic rings. The molecule has 1 aromatic rings. The largest absolute Gasteiger partial charge is 0.491 e. The number of nitrogens with zero attached hydrogens (tertiary/aromatic N) is 1. The summed E-state index contributed by atoms with van der Waals surface area (Å²) in [4.78, 5) is 14.6. The molecule has 1 saturated heterocycles. The number of hydrogen-bond donors (Lipinski definition) is 1. The van der Waals surface area contributed by atoms with E-state index in [4.69, 9.17) is 4.74 Å². The predicted molar refractivity (Wildman–Crippen MR) is 84.8 cm³/mol. The predicted octanol–water partition coefficient (Wildman–Crippen LogP) is 2.69. The summed E-state index contributed by atoms with van der Waals surface area (Å²) in [6.45, 7) is 8.57. The highest BCUT2D eigenvalue weighted by molar-refractivity contribution is 5.94. The fourth-order valence-electron chi connectivity index (χ4n) is 2.69. The van der Waals surface area contributed by atoms with Crippen molar-refractivity contribution in [3.8, 4) is 5.75 Å². The van der Waals surface area contributed by atoms with E-state index in [-0.39, 0.29) is 12.0 Å². The van der Waals surface area contributed by atoms with Crippen molar-refractivity contribution in [1.82, 2.24) is 10.2 Å². The maximum absolute atomic E-state index is 12.6. The molecule has 0 bridgehead atoms. The molecule has 4 nitrogen and oxygen atoms in total. The highest BCUT2D eigenvalue weighted by atomic mass is 16.5. The average Bonchev–Trinajstić information content (AvgIpc) is 2.96. The molecule has 1 atom stereocenters. The zero-order valence-electron chi connectivity index (χ0n) is 13.3. The number of likely N-dealkylation sites (N-methyl/N-ethyl adjacent to an activating group) is 1. The van der Waals surface area contributed by atoms with E-state index in [0.717, 1.165) is 31.8 Å². The number of carbonyl (C=O) groups is 1. The average molecular weight is 290 g/mol. The number of benzene rings is 1. The second kappa shape index (κ2) is 7.46. The van der Waals surface area contributed by atoms with E-state index in [1.165, 1.54) is 6.42 Å². The molecule has 21 heavy (non-hydrogen) atoms. The first-order valence-corrected chi connectivity index (χ1v) is 7.89. The maximum atomic E-state index is 12.6. The van der Waals surface area contributed by atoms with E-state index >= 15 is 0 Å². The van der Waals surface area contributed by atoms with Gasteiger partial charge in [-0.3, -0.25) is 4.79 Å². The third-order valence-electron chi connectivity index (χ3n) is 3.72. The Morgan fingerprint density at radius 1 is 1.48 bits per heavy atom. The van der Waals surface area contributed by atoms with Crippen molar-refractivity contribution in [2.45, 2.75) is 45.8 Å². The van der Waals surface area contributed by atoms with Gasteiger partial charge < -0.3 is 15.0 Å². The highest BCUT2D eigenvalue weighted by Gasteiger charge is 2.21. The summed E-state index contributed by atoms with van der Waals surface area (Å²) in [5.41, 5.74) is 0.702. The molecular weight excluding hydrogens is 264 g/mol. The SMILES string of the molecule is CCN(CC1CCCN1)C(=O)c1cccc(OC(C)C)c1. The molecule has 0 spiro atoms. The highest BCUT2D eigenvalue weighted by Crippen LogP contribution is 2.17. The molecule has 116 valence electrons. The van der Waals surface area contributed by atoms with Crippen LogP contribution in [0.3, 0.4) is 0 Å². The van der Waals surface area contributed by atoms with Gasteiger partial charge in [0.2, 0.25) is 0 Å². The van der Waals surface area contributed by atoms with Crippen molar-refractivity contribution in [1.29, 1.82) is 0 Å². The van der Waals surface area contributed by atoms with Crippen molar-refractivity contribution >= 4 is 5.91 Å². The van der Waals surface area contributed by atoms with Crippen LogP contribution in [-0.4, -0.2) is 42.6 Å². The molecule has 1 aromatic carbocycles. The van der Waals surface area contributed by atoms with Crippen LogP contribution in [0.2, 0.25) is 0 Å². The molecule has 2 rings (SSSR count). The van der Waals surface area contributed by atoms with Crippen molar-refractivity contribution in [2.24, 2.45) is 0 Å². The van der Waals surface area contributed by atoms with Crippen LogP contribution < -0.4 is 10.1 Å². The summed E-state index contributed by atoms with van der Waals surface area (Å²) in [6.07, 6.45) is 2.47. The fourth-order valence-corrected chi connectivity index (χ4v) is 2.69. The number of amides is 1. The van der Waals surface area contributed by atoms with Gasteiger partial charge in [-0.1, -0.05) is 6.07 Å². The molecule has 4 heteroatoms. The van der Waals surface area contributed by atoms with Gasteiger partial charge in [0.1, 0.15) is 5.75 Å². The van der Waals surface area contributed by atoms with Crippen molar-refractivity contribution < 1.29 is 9.53 Å². The standard InChI is InChI=1S/C17H26N2O2/c1-4-19(12-15-8-6-10-18-15)17(20)14-7-5-9-16(11-14)21-13(2)3/h5,7,9,11,13,15,18H,4,6,8,10,12H2,1-3H3. The minimum Gasteiger partial charge on any atom is -0.491 e. The van der Waals surface area contributed by atoms with E-state index in [9.17, 15) is 4.79 Å². The number of carbonyl (C=O) groups excluding carboxylic acids is 1. The lowest BCUT2D eigenvalue weighted by atomic mass is 10.1. The third kappa shape index (κ3) is 4.46. The Bertz CT molecular complexity index is 468. The van der Waals surface area contributed by atoms with E-state index < -0.39 is 0 Å². The Labute approximate surface area is 127 Å². The van der Waals surface area contributed by atoms with Crippen molar-refractivity contribution in [3.05, 3.63) is 29.8 Å². The summed E-state index contributed by atoms with van der Waals surface area (Å²) < 4.78 is 5.67. The Kier molecular flexibility index (Phi) is 5.62. The number of ether oxygens (including phenoxy) is 1. The van der Waals surface area contributed by atoms with Crippen LogP contribution in [0.4, 0.5) is 0 Å². The molecule has 1 amide bonds. The van der Waals surface area contributed by atoms with E-state index in [2.05, 4.69) is 5.32 Å². The normalized spacial score (nSPS) is 18.0. The Morgan fingerprint density at radius 2 is 2.29 bits per heavy atom. The van der Waals surface area contributed by atoms with E-state index in [0.29, 0.717) is 11.6 Å². The van der Waals surface area contributed by atoms with Gasteiger partial charge in [-0.25, -0.2) is 0 Å². The zero-order chi connectivity index (χ0) is 15.2. The fraction of sp³-hybridized carbons (Fsp3) is 0.588. The minimum absolute atomic E-state index is 0.0837. The summed E-state index contributed by atoms with van der Waals surface area (Å²) in [5, 5.41) is 3.45. The monoisotopic (exact) mass is 290 g/mol. The molecular formula is C17H26N2O2. The van der Waals surface area contributed by atoms with E-state index in [1.807, 2.05) is 49.9 Å². The van der Waals surface area contributed by atoms with Gasteiger partial charge in [0.25, 0.3) is 5.91 Å². The Hall–Kier alpha value is -1.55. The van der Waals surface area contributed by atoms with Crippen LogP contribution in [0.25, 0.3) is 0 Å². The molecule has 0 aliphatic carbocycles. The van der Waals surface area contributed by atoms with Crippen molar-refractivity contribution in [2.75, 3.05) is 19.6 Å². The van der Waals surface area contributed by atoms with Crippen LogP contribution in [0.15, 0.2) is 24.3 Å². The lowest BCUT2D eigenvalue weighted by molar-refractivity contribution is 0.0750. The second-order valence-corrected chi connectivity index (χ2v) is 5.83. The molecule has 0 saturated carbocycles. The van der Waals surface area contributed by atoms with Crippen LogP contribution in [0, 0.1) is 0 Å². The lowest BCUT2D eigenvalue weighted by Gasteiger charge is -2.24.